The van der Waals surface area contributed by atoms with Crippen LogP contribution >= 0.6 is 0 Å². The van der Waals surface area contributed by atoms with Crippen molar-refractivity contribution in [1.29, 1.82) is 0 Å². The van der Waals surface area contributed by atoms with Crippen LogP contribution in [0.15, 0.2) is 78.9 Å². The molecule has 1 heterocycles. The van der Waals surface area contributed by atoms with Crippen LogP contribution < -0.4 is 0 Å². The number of benzene rings is 3. The van der Waals surface area contributed by atoms with Crippen LogP contribution in [0.2, 0.25) is 0 Å². The molecule has 3 aromatic rings. The zero-order valence-electron chi connectivity index (χ0n) is 17.1. The summed E-state index contributed by atoms with van der Waals surface area (Å²) in [5, 5.41) is 0. The summed E-state index contributed by atoms with van der Waals surface area (Å²) in [7, 11) is 0. The van der Waals surface area contributed by atoms with E-state index in [1.165, 1.54) is 40.7 Å². The van der Waals surface area contributed by atoms with Crippen LogP contribution in [0.1, 0.15) is 37.7 Å². The fraction of sp³-hybridized carbons (Fsp3) is 0.333. The fourth-order valence-corrected chi connectivity index (χ4v) is 3.84. The van der Waals surface area contributed by atoms with Gasteiger partial charge in [-0.3, -0.25) is 0 Å². The molecular weight excluding hydrogens is 356 g/mol. The van der Waals surface area contributed by atoms with Crippen molar-refractivity contribution in [1.82, 2.24) is 0 Å². The Kier molecular flexibility index (Phi) is 7.12. The van der Waals surface area contributed by atoms with Crippen LogP contribution in [0.3, 0.4) is 0 Å². The predicted molar refractivity (Wildman–Crippen MR) is 120 cm³/mol. The zero-order chi connectivity index (χ0) is 19.7. The minimum absolute atomic E-state index is 0.0383. The molecular formula is C27H30O2. The highest BCUT2D eigenvalue weighted by molar-refractivity contribution is 5.70. The van der Waals surface area contributed by atoms with E-state index >= 15 is 0 Å². The Morgan fingerprint density at radius 3 is 1.93 bits per heavy atom. The molecule has 0 saturated carbocycles. The maximum atomic E-state index is 5.82. The monoisotopic (exact) mass is 386 g/mol. The van der Waals surface area contributed by atoms with E-state index in [0.717, 1.165) is 38.9 Å². The highest BCUT2D eigenvalue weighted by Gasteiger charge is 2.13. The summed E-state index contributed by atoms with van der Waals surface area (Å²) in [5.74, 6) is 0. The van der Waals surface area contributed by atoms with E-state index in [4.69, 9.17) is 9.47 Å². The largest absolute Gasteiger partial charge is 0.353 e. The quantitative estimate of drug-likeness (QED) is 0.393. The first-order valence-corrected chi connectivity index (χ1v) is 10.9. The molecule has 3 aromatic carbocycles. The molecule has 1 aliphatic heterocycles. The summed E-state index contributed by atoms with van der Waals surface area (Å²) in [6.45, 7) is 1.66. The van der Waals surface area contributed by atoms with Crippen molar-refractivity contribution in [2.75, 3.05) is 13.2 Å². The van der Waals surface area contributed by atoms with Crippen molar-refractivity contribution < 1.29 is 9.47 Å². The van der Waals surface area contributed by atoms with Gasteiger partial charge in [-0.25, -0.2) is 0 Å². The van der Waals surface area contributed by atoms with Crippen molar-refractivity contribution in [3.63, 3.8) is 0 Å². The summed E-state index contributed by atoms with van der Waals surface area (Å²) in [6.07, 6.45) is 6.83. The first-order valence-electron chi connectivity index (χ1n) is 10.9. The Hall–Kier alpha value is -2.42. The molecule has 2 heteroatoms. The topological polar surface area (TPSA) is 18.5 Å². The Morgan fingerprint density at radius 1 is 0.690 bits per heavy atom. The molecule has 1 atom stereocenters. The Balaban J connectivity index is 1.24. The van der Waals surface area contributed by atoms with Crippen molar-refractivity contribution in [2.45, 2.75) is 44.8 Å². The predicted octanol–water partition coefficient (Wildman–Crippen LogP) is 6.89. The third kappa shape index (κ3) is 5.79. The Bertz CT molecular complexity index is 847. The number of rotatable bonds is 8. The first kappa shape index (κ1) is 19.9. The lowest BCUT2D eigenvalue weighted by Gasteiger charge is -2.22. The van der Waals surface area contributed by atoms with E-state index < -0.39 is 0 Å². The summed E-state index contributed by atoms with van der Waals surface area (Å²) in [5.41, 5.74) is 6.44. The molecule has 1 aliphatic rings. The van der Waals surface area contributed by atoms with Crippen LogP contribution in [-0.2, 0) is 15.9 Å². The maximum absolute atomic E-state index is 5.82. The second kappa shape index (κ2) is 10.4. The molecule has 0 spiro atoms. The van der Waals surface area contributed by atoms with Gasteiger partial charge in [-0.2, -0.15) is 0 Å². The maximum Gasteiger partial charge on any atom is 0.157 e. The minimum atomic E-state index is 0.0383. The lowest BCUT2D eigenvalue weighted by atomic mass is 9.99. The van der Waals surface area contributed by atoms with Gasteiger partial charge in [0, 0.05) is 13.2 Å². The van der Waals surface area contributed by atoms with Crippen molar-refractivity contribution in [2.24, 2.45) is 0 Å². The highest BCUT2D eigenvalue weighted by Crippen LogP contribution is 2.25. The average molecular weight is 387 g/mol. The van der Waals surface area contributed by atoms with Gasteiger partial charge in [-0.15, -0.1) is 0 Å². The van der Waals surface area contributed by atoms with Gasteiger partial charge in [0.2, 0.25) is 0 Å². The van der Waals surface area contributed by atoms with E-state index in [9.17, 15) is 0 Å². The summed E-state index contributed by atoms with van der Waals surface area (Å²) in [6, 6.07) is 28.3. The molecule has 0 amide bonds. The molecule has 1 fully saturated rings. The number of hydrogen-bond acceptors (Lipinski definition) is 2. The second-order valence-electron chi connectivity index (χ2n) is 7.76. The Labute approximate surface area is 174 Å². The third-order valence-corrected chi connectivity index (χ3v) is 5.58. The lowest BCUT2D eigenvalue weighted by molar-refractivity contribution is -0.162. The molecule has 0 bridgehead atoms. The number of unbranched alkanes of at least 4 members (excludes halogenated alkanes) is 1. The molecule has 1 unspecified atom stereocenters. The summed E-state index contributed by atoms with van der Waals surface area (Å²) < 4.78 is 11.4. The van der Waals surface area contributed by atoms with Crippen LogP contribution in [-0.4, -0.2) is 19.5 Å². The highest BCUT2D eigenvalue weighted by atomic mass is 16.7. The van der Waals surface area contributed by atoms with Gasteiger partial charge < -0.3 is 9.47 Å². The molecule has 4 rings (SSSR count). The SMILES string of the molecule is c1ccc(-c2ccc(-c3ccc(CCCCOC4CCCCO4)cc3)cc2)cc1. The van der Waals surface area contributed by atoms with Gasteiger partial charge in [0.05, 0.1) is 0 Å². The molecule has 29 heavy (non-hydrogen) atoms. The van der Waals surface area contributed by atoms with Crippen LogP contribution in [0, 0.1) is 0 Å². The van der Waals surface area contributed by atoms with Gasteiger partial charge in [-0.05, 0) is 66.3 Å². The van der Waals surface area contributed by atoms with Gasteiger partial charge in [0.25, 0.3) is 0 Å². The van der Waals surface area contributed by atoms with Crippen LogP contribution in [0.5, 0.6) is 0 Å². The average Bonchev–Trinajstić information content (AvgIpc) is 2.81. The first-order chi connectivity index (χ1) is 14.4. The summed E-state index contributed by atoms with van der Waals surface area (Å²) in [4.78, 5) is 0. The number of aryl methyl sites for hydroxylation is 1. The minimum Gasteiger partial charge on any atom is -0.353 e. The number of hydrogen-bond donors (Lipinski definition) is 0. The van der Waals surface area contributed by atoms with E-state index in [1.54, 1.807) is 0 Å². The molecule has 2 nitrogen and oxygen atoms in total. The Morgan fingerprint density at radius 2 is 1.31 bits per heavy atom. The second-order valence-corrected chi connectivity index (χ2v) is 7.76. The van der Waals surface area contributed by atoms with Crippen molar-refractivity contribution >= 4 is 0 Å². The van der Waals surface area contributed by atoms with E-state index in [0.29, 0.717) is 0 Å². The number of ether oxygens (including phenoxy) is 2. The molecule has 0 radical (unpaired) electrons. The lowest BCUT2D eigenvalue weighted by Crippen LogP contribution is -2.22. The third-order valence-electron chi connectivity index (χ3n) is 5.58. The smallest absolute Gasteiger partial charge is 0.157 e. The van der Waals surface area contributed by atoms with E-state index in [-0.39, 0.29) is 6.29 Å². The normalized spacial score (nSPS) is 16.6. The van der Waals surface area contributed by atoms with Crippen molar-refractivity contribution in [3.05, 3.63) is 84.4 Å². The zero-order valence-corrected chi connectivity index (χ0v) is 17.1. The molecule has 0 N–H and O–H groups in total. The standard InChI is InChI=1S/C27H30O2/c1-2-9-23(10-3-1)25-16-18-26(19-17-25)24-14-12-22(13-15-24)8-4-6-20-28-27-11-5-7-21-29-27/h1-3,9-10,12-19,27H,4-8,11,20-21H2. The van der Waals surface area contributed by atoms with Crippen LogP contribution in [0.25, 0.3) is 22.3 Å². The van der Waals surface area contributed by atoms with E-state index in [1.807, 2.05) is 0 Å². The fourth-order valence-electron chi connectivity index (χ4n) is 3.84. The van der Waals surface area contributed by atoms with Gasteiger partial charge in [0.15, 0.2) is 6.29 Å². The van der Waals surface area contributed by atoms with Gasteiger partial charge in [0.1, 0.15) is 0 Å². The summed E-state index contributed by atoms with van der Waals surface area (Å²) >= 11 is 0. The van der Waals surface area contributed by atoms with E-state index in [2.05, 4.69) is 78.9 Å². The van der Waals surface area contributed by atoms with Gasteiger partial charge in [-0.1, -0.05) is 78.9 Å². The van der Waals surface area contributed by atoms with Gasteiger partial charge >= 0.3 is 0 Å². The van der Waals surface area contributed by atoms with Crippen molar-refractivity contribution in [3.8, 4) is 22.3 Å². The molecule has 1 saturated heterocycles. The molecule has 0 aromatic heterocycles. The molecule has 150 valence electrons. The van der Waals surface area contributed by atoms with Crippen LogP contribution in [0.4, 0.5) is 0 Å². The molecule has 0 aliphatic carbocycles.